The predicted octanol–water partition coefficient (Wildman–Crippen LogP) is 2.18. The maximum atomic E-state index is 11.7. The Balaban J connectivity index is 0.00000220. The molecule has 0 spiro atoms. The molecular weight excluding hydrogens is 284 g/mol. The fourth-order valence-corrected chi connectivity index (χ4v) is 3.46. The third-order valence-electron chi connectivity index (χ3n) is 3.40. The molecule has 2 rings (SSSR count). The van der Waals surface area contributed by atoms with Crippen LogP contribution in [-0.2, 0) is 17.6 Å². The Morgan fingerprint density at radius 2 is 2.24 bits per heavy atom. The van der Waals surface area contributed by atoms with Crippen molar-refractivity contribution in [2.45, 2.75) is 53.0 Å². The lowest BCUT2D eigenvalue weighted by Crippen LogP contribution is -2.34. The summed E-state index contributed by atoms with van der Waals surface area (Å²) < 4.78 is 0. The minimum atomic E-state index is -0.0152. The van der Waals surface area contributed by atoms with Crippen LogP contribution in [0, 0.1) is 0 Å². The van der Waals surface area contributed by atoms with Gasteiger partial charge in [-0.25, -0.2) is 4.98 Å². The fourth-order valence-electron chi connectivity index (χ4n) is 2.35. The van der Waals surface area contributed by atoms with Crippen LogP contribution in [0.1, 0.15) is 44.7 Å². The Bertz CT molecular complexity index is 447. The van der Waals surface area contributed by atoms with Gasteiger partial charge in [0.15, 0.2) is 5.13 Å². The van der Waals surface area contributed by atoms with Crippen molar-refractivity contribution in [1.29, 1.82) is 0 Å². The van der Waals surface area contributed by atoms with E-state index in [2.05, 4.69) is 27.9 Å². The molecule has 1 aromatic rings. The number of likely N-dealkylation sites (N-methyl/N-ethyl adjacent to an activating group) is 1. The van der Waals surface area contributed by atoms with Crippen LogP contribution in [0.5, 0.6) is 0 Å². The van der Waals surface area contributed by atoms with Gasteiger partial charge >= 0.3 is 0 Å². The molecule has 0 aromatic carbocycles. The summed E-state index contributed by atoms with van der Waals surface area (Å²) in [6.45, 7) is 6.39. The van der Waals surface area contributed by atoms with E-state index in [1.54, 1.807) is 11.3 Å². The molecule has 21 heavy (non-hydrogen) atoms. The van der Waals surface area contributed by atoms with Crippen LogP contribution in [0.15, 0.2) is 0 Å². The van der Waals surface area contributed by atoms with Gasteiger partial charge in [-0.2, -0.15) is 0 Å². The summed E-state index contributed by atoms with van der Waals surface area (Å²) in [6.07, 6.45) is 4.35. The number of carbonyl (C=O) groups excluding carboxylic acids is 1. The molecule has 0 saturated heterocycles. The van der Waals surface area contributed by atoms with Gasteiger partial charge in [-0.1, -0.05) is 21.3 Å². The summed E-state index contributed by atoms with van der Waals surface area (Å²) in [5, 5.41) is 10.2. The molecule has 120 valence electrons. The summed E-state index contributed by atoms with van der Waals surface area (Å²) in [5.74, 6) is -0.0152. The van der Waals surface area contributed by atoms with Crippen LogP contribution in [0.25, 0.3) is 0 Å². The van der Waals surface area contributed by atoms with Gasteiger partial charge in [-0.05, 0) is 38.8 Å². The monoisotopic (exact) mass is 312 g/mol. The van der Waals surface area contributed by atoms with Gasteiger partial charge in [-0.15, -0.1) is 11.3 Å². The Morgan fingerprint density at radius 1 is 1.43 bits per heavy atom. The molecule has 0 radical (unpaired) electrons. The van der Waals surface area contributed by atoms with Crippen molar-refractivity contribution >= 4 is 22.4 Å². The van der Waals surface area contributed by atoms with E-state index in [9.17, 15) is 4.79 Å². The van der Waals surface area contributed by atoms with E-state index in [1.807, 2.05) is 6.92 Å². The first-order valence-electron chi connectivity index (χ1n) is 7.45. The zero-order chi connectivity index (χ0) is 14.4. The largest absolute Gasteiger partial charge is 0.314 e. The summed E-state index contributed by atoms with van der Waals surface area (Å²) in [6, 6.07) is 0.563. The number of hydrogen-bond acceptors (Lipinski definition) is 5. The van der Waals surface area contributed by atoms with Crippen molar-refractivity contribution in [3.63, 3.8) is 0 Å². The average molecular weight is 312 g/mol. The molecule has 1 aromatic heterocycles. The standard InChI is InChI=1S/C14H24N4OS.CH4/c1-3-7-16-10-5-6-11-12(8-10)20-14(17-11)18-13(19)9-15-4-2;/h10,15-16H,3-9H2,1-2H3,(H,17,18,19);1H4/t10-;/m0./s1. The van der Waals surface area contributed by atoms with Crippen molar-refractivity contribution in [2.24, 2.45) is 0 Å². The number of nitrogens with zero attached hydrogens (tertiary/aromatic N) is 1. The highest BCUT2D eigenvalue weighted by Crippen LogP contribution is 2.29. The van der Waals surface area contributed by atoms with Gasteiger partial charge in [0, 0.05) is 10.9 Å². The normalized spacial score (nSPS) is 17.0. The van der Waals surface area contributed by atoms with Crippen LogP contribution in [0.2, 0.25) is 0 Å². The Hall–Kier alpha value is -0.980. The number of thiazole rings is 1. The molecule has 5 nitrogen and oxygen atoms in total. The molecule has 0 fully saturated rings. The smallest absolute Gasteiger partial charge is 0.240 e. The lowest BCUT2D eigenvalue weighted by atomic mass is 9.98. The topological polar surface area (TPSA) is 66.0 Å². The second-order valence-electron chi connectivity index (χ2n) is 5.11. The minimum Gasteiger partial charge on any atom is -0.314 e. The zero-order valence-corrected chi connectivity index (χ0v) is 13.1. The highest BCUT2D eigenvalue weighted by atomic mass is 32.1. The SMILES string of the molecule is C.CCCN[C@H]1CCc2nc(NC(=O)CNCC)sc2C1. The van der Waals surface area contributed by atoms with Gasteiger partial charge in [0.1, 0.15) is 0 Å². The maximum absolute atomic E-state index is 11.7. The number of nitrogens with one attached hydrogen (secondary N) is 3. The lowest BCUT2D eigenvalue weighted by Gasteiger charge is -2.21. The molecule has 1 aliphatic carbocycles. The highest BCUT2D eigenvalue weighted by molar-refractivity contribution is 7.15. The van der Waals surface area contributed by atoms with Crippen molar-refractivity contribution in [2.75, 3.05) is 25.0 Å². The number of rotatable bonds is 7. The first-order valence-corrected chi connectivity index (χ1v) is 8.27. The van der Waals surface area contributed by atoms with E-state index >= 15 is 0 Å². The second kappa shape index (κ2) is 9.12. The first kappa shape index (κ1) is 18.1. The molecule has 0 unspecified atom stereocenters. The Morgan fingerprint density at radius 3 is 2.95 bits per heavy atom. The lowest BCUT2D eigenvalue weighted by molar-refractivity contribution is -0.115. The van der Waals surface area contributed by atoms with Gasteiger partial charge < -0.3 is 16.0 Å². The zero-order valence-electron chi connectivity index (χ0n) is 12.3. The molecule has 1 amide bonds. The third kappa shape index (κ3) is 5.37. The van der Waals surface area contributed by atoms with Crippen molar-refractivity contribution in [3.8, 4) is 0 Å². The summed E-state index contributed by atoms with van der Waals surface area (Å²) >= 11 is 1.62. The van der Waals surface area contributed by atoms with Crippen LogP contribution in [0.3, 0.4) is 0 Å². The van der Waals surface area contributed by atoms with E-state index < -0.39 is 0 Å². The van der Waals surface area contributed by atoms with E-state index in [0.717, 1.165) is 43.9 Å². The number of amides is 1. The van der Waals surface area contributed by atoms with Crippen LogP contribution in [-0.4, -0.2) is 36.6 Å². The molecule has 1 atom stereocenters. The molecule has 0 aliphatic heterocycles. The molecule has 0 bridgehead atoms. The predicted molar refractivity (Wildman–Crippen MR) is 90.1 cm³/mol. The Labute approximate surface area is 131 Å². The first-order chi connectivity index (χ1) is 9.72. The number of anilines is 1. The van der Waals surface area contributed by atoms with E-state index in [-0.39, 0.29) is 13.3 Å². The van der Waals surface area contributed by atoms with Gasteiger partial charge in [0.05, 0.1) is 12.2 Å². The molecular formula is C15H28N4OS. The van der Waals surface area contributed by atoms with Crippen molar-refractivity contribution in [1.82, 2.24) is 15.6 Å². The van der Waals surface area contributed by atoms with Crippen molar-refractivity contribution < 1.29 is 4.79 Å². The van der Waals surface area contributed by atoms with Crippen LogP contribution in [0.4, 0.5) is 5.13 Å². The van der Waals surface area contributed by atoms with E-state index in [4.69, 9.17) is 0 Å². The summed E-state index contributed by atoms with van der Waals surface area (Å²) in [5.41, 5.74) is 1.17. The van der Waals surface area contributed by atoms with Gasteiger partial charge in [0.2, 0.25) is 5.91 Å². The maximum Gasteiger partial charge on any atom is 0.240 e. The molecule has 1 aliphatic rings. The van der Waals surface area contributed by atoms with Gasteiger partial charge in [-0.3, -0.25) is 4.79 Å². The quantitative estimate of drug-likeness (QED) is 0.722. The summed E-state index contributed by atoms with van der Waals surface area (Å²) in [4.78, 5) is 17.5. The van der Waals surface area contributed by atoms with E-state index in [0.29, 0.717) is 12.6 Å². The van der Waals surface area contributed by atoms with E-state index in [1.165, 1.54) is 10.6 Å². The number of aromatic nitrogens is 1. The molecule has 0 saturated carbocycles. The molecule has 6 heteroatoms. The number of fused-ring (bicyclic) bond motifs is 1. The number of carbonyl (C=O) groups is 1. The number of hydrogen-bond donors (Lipinski definition) is 3. The van der Waals surface area contributed by atoms with Gasteiger partial charge in [0.25, 0.3) is 0 Å². The average Bonchev–Trinajstić information content (AvgIpc) is 2.84. The summed E-state index contributed by atoms with van der Waals surface area (Å²) in [7, 11) is 0. The molecule has 1 heterocycles. The van der Waals surface area contributed by atoms with Crippen LogP contribution < -0.4 is 16.0 Å². The Kier molecular flexibility index (Phi) is 7.85. The third-order valence-corrected chi connectivity index (χ3v) is 4.44. The minimum absolute atomic E-state index is 0. The second-order valence-corrected chi connectivity index (χ2v) is 6.19. The van der Waals surface area contributed by atoms with Crippen LogP contribution >= 0.6 is 11.3 Å². The highest BCUT2D eigenvalue weighted by Gasteiger charge is 2.22. The number of aryl methyl sites for hydroxylation is 1. The fraction of sp³-hybridized carbons (Fsp3) is 0.733. The van der Waals surface area contributed by atoms with Crippen molar-refractivity contribution in [3.05, 3.63) is 10.6 Å². The molecule has 3 N–H and O–H groups in total.